The van der Waals surface area contributed by atoms with E-state index in [9.17, 15) is 8.78 Å². The van der Waals surface area contributed by atoms with Crippen molar-refractivity contribution < 1.29 is 13.3 Å². The van der Waals surface area contributed by atoms with Crippen molar-refractivity contribution in [1.82, 2.24) is 5.48 Å². The van der Waals surface area contributed by atoms with E-state index in [0.717, 1.165) is 10.4 Å². The molecule has 1 N–H and O–H groups in total. The van der Waals surface area contributed by atoms with Gasteiger partial charge in [-0.2, -0.15) is 0 Å². The Morgan fingerprint density at radius 1 is 0.800 bits per heavy atom. The van der Waals surface area contributed by atoms with Crippen molar-refractivity contribution in [1.29, 1.82) is 0 Å². The van der Waals surface area contributed by atoms with Gasteiger partial charge in [-0.15, -0.1) is 0 Å². The molecule has 3 rings (SSSR count). The highest BCUT2D eigenvalue weighted by Gasteiger charge is 2.32. The average Bonchev–Trinajstić information content (AvgIpc) is 2.74. The number of halogens is 2. The summed E-state index contributed by atoms with van der Waals surface area (Å²) in [5.41, 5.74) is 3.84. The minimum Gasteiger partial charge on any atom is -0.333 e. The Kier molecular flexibility index (Phi) is 7.18. The largest absolute Gasteiger partial charge is 0.333 e. The summed E-state index contributed by atoms with van der Waals surface area (Å²) in [7, 11) is -1.58. The molecule has 3 aromatic carbocycles. The van der Waals surface area contributed by atoms with Crippen LogP contribution in [0.25, 0.3) is 0 Å². The van der Waals surface area contributed by atoms with Crippen LogP contribution in [0.4, 0.5) is 8.78 Å². The van der Waals surface area contributed by atoms with E-state index in [1.165, 1.54) is 12.1 Å². The lowest BCUT2D eigenvalue weighted by molar-refractivity contribution is 0.0868. The van der Waals surface area contributed by atoms with Crippen LogP contribution in [-0.4, -0.2) is 9.04 Å². The maximum Gasteiger partial charge on any atom is 0.311 e. The fourth-order valence-electron chi connectivity index (χ4n) is 3.25. The predicted octanol–water partition coefficient (Wildman–Crippen LogP) is 5.02. The topological polar surface area (TPSA) is 21.3 Å². The summed E-state index contributed by atoms with van der Waals surface area (Å²) in [6.07, 6.45) is 0. The summed E-state index contributed by atoms with van der Waals surface area (Å²) in [4.78, 5) is 0. The molecular formula is C25H28F2NOSi. The van der Waals surface area contributed by atoms with Crippen LogP contribution in [0.1, 0.15) is 39.3 Å². The summed E-state index contributed by atoms with van der Waals surface area (Å²) in [5.74, 6) is -1.60. The number of hydrogen-bond acceptors (Lipinski definition) is 2. The second kappa shape index (κ2) is 9.64. The first kappa shape index (κ1) is 22.3. The summed E-state index contributed by atoms with van der Waals surface area (Å²) in [5, 5.41) is 2.21. The maximum atomic E-state index is 14.0. The molecule has 0 spiro atoms. The fourth-order valence-corrected chi connectivity index (χ4v) is 5.05. The number of rotatable bonds is 7. The minimum absolute atomic E-state index is 0.0711. The fraction of sp³-hybridized carbons (Fsp3) is 0.280. The second-order valence-electron chi connectivity index (χ2n) is 8.59. The SMILES string of the molecule is C[C@@H]([C@@H](NO[Si](c1ccccc1)c1ccccc1)c1ccc(F)c(F)c1)C(C)(C)C. The van der Waals surface area contributed by atoms with Crippen LogP contribution in [0.3, 0.4) is 0 Å². The van der Waals surface area contributed by atoms with Gasteiger partial charge in [0.15, 0.2) is 11.6 Å². The quantitative estimate of drug-likeness (QED) is 0.425. The zero-order valence-electron chi connectivity index (χ0n) is 17.8. The third-order valence-corrected chi connectivity index (χ3v) is 7.57. The van der Waals surface area contributed by atoms with Crippen LogP contribution in [0.2, 0.25) is 0 Å². The van der Waals surface area contributed by atoms with E-state index in [-0.39, 0.29) is 17.4 Å². The van der Waals surface area contributed by atoms with Gasteiger partial charge in [-0.05, 0) is 39.4 Å². The van der Waals surface area contributed by atoms with Crippen molar-refractivity contribution >= 4 is 19.4 Å². The first-order valence-electron chi connectivity index (χ1n) is 10.1. The van der Waals surface area contributed by atoms with Crippen molar-refractivity contribution in [3.8, 4) is 0 Å². The first-order valence-corrected chi connectivity index (χ1v) is 11.5. The van der Waals surface area contributed by atoms with E-state index in [1.807, 2.05) is 36.4 Å². The number of hydroxylamine groups is 1. The van der Waals surface area contributed by atoms with Crippen molar-refractivity contribution in [3.05, 3.63) is 96.1 Å². The molecule has 0 saturated carbocycles. The normalized spacial score (nSPS) is 14.0. The molecule has 30 heavy (non-hydrogen) atoms. The molecule has 5 heteroatoms. The van der Waals surface area contributed by atoms with E-state index in [4.69, 9.17) is 4.53 Å². The highest BCUT2D eigenvalue weighted by Crippen LogP contribution is 2.36. The summed E-state index contributed by atoms with van der Waals surface area (Å²) >= 11 is 0. The van der Waals surface area contributed by atoms with Gasteiger partial charge in [-0.3, -0.25) is 0 Å². The summed E-state index contributed by atoms with van der Waals surface area (Å²) < 4.78 is 33.9. The molecular weight excluding hydrogens is 396 g/mol. The smallest absolute Gasteiger partial charge is 0.311 e. The van der Waals surface area contributed by atoms with Crippen LogP contribution in [0.5, 0.6) is 0 Å². The lowest BCUT2D eigenvalue weighted by Gasteiger charge is -2.36. The second-order valence-corrected chi connectivity index (χ2v) is 10.6. The number of nitrogens with one attached hydrogen (secondary N) is 1. The van der Waals surface area contributed by atoms with E-state index in [1.54, 1.807) is 6.07 Å². The van der Waals surface area contributed by atoms with Crippen LogP contribution >= 0.6 is 0 Å². The van der Waals surface area contributed by atoms with E-state index in [2.05, 4.69) is 57.4 Å². The molecule has 0 saturated heterocycles. The standard InChI is InChI=1S/C25H28F2NOSi/c1-18(25(2,3)4)24(19-15-16-22(26)23(27)17-19)28-29-30(20-11-7-5-8-12-20)21-13-9-6-10-14-21/h5-18,24,28H,1-4H3/t18-,24+/m0/s1. The molecule has 3 aromatic rings. The minimum atomic E-state index is -1.58. The van der Waals surface area contributed by atoms with Gasteiger partial charge < -0.3 is 4.53 Å². The number of hydrogen-bond donors (Lipinski definition) is 1. The molecule has 0 aromatic heterocycles. The van der Waals surface area contributed by atoms with Crippen LogP contribution in [-0.2, 0) is 4.53 Å². The third kappa shape index (κ3) is 5.42. The van der Waals surface area contributed by atoms with Gasteiger partial charge in [0, 0.05) is 0 Å². The molecule has 0 aliphatic carbocycles. The van der Waals surface area contributed by atoms with Crippen molar-refractivity contribution in [2.24, 2.45) is 11.3 Å². The molecule has 2 nitrogen and oxygen atoms in total. The maximum absolute atomic E-state index is 14.0. The zero-order chi connectivity index (χ0) is 21.7. The van der Waals surface area contributed by atoms with Crippen molar-refractivity contribution in [2.45, 2.75) is 33.7 Å². The van der Waals surface area contributed by atoms with E-state index in [0.29, 0.717) is 5.56 Å². The van der Waals surface area contributed by atoms with Gasteiger partial charge in [0.1, 0.15) is 0 Å². The van der Waals surface area contributed by atoms with Crippen molar-refractivity contribution in [3.63, 3.8) is 0 Å². The van der Waals surface area contributed by atoms with Crippen molar-refractivity contribution in [2.75, 3.05) is 0 Å². The predicted molar refractivity (Wildman–Crippen MR) is 120 cm³/mol. The van der Waals surface area contributed by atoms with E-state index >= 15 is 0 Å². The van der Waals surface area contributed by atoms with Crippen LogP contribution in [0, 0.1) is 23.0 Å². The Labute approximate surface area is 179 Å². The molecule has 2 atom stereocenters. The van der Waals surface area contributed by atoms with Gasteiger partial charge in [0.2, 0.25) is 0 Å². The van der Waals surface area contributed by atoms with Gasteiger partial charge in [0.25, 0.3) is 0 Å². The van der Waals surface area contributed by atoms with Gasteiger partial charge >= 0.3 is 9.04 Å². The van der Waals surface area contributed by atoms with Crippen LogP contribution < -0.4 is 15.9 Å². The van der Waals surface area contributed by atoms with Gasteiger partial charge in [-0.25, -0.2) is 14.3 Å². The molecule has 0 bridgehead atoms. The Bertz CT molecular complexity index is 905. The zero-order valence-corrected chi connectivity index (χ0v) is 18.8. The Hall–Kier alpha value is -2.34. The van der Waals surface area contributed by atoms with Gasteiger partial charge in [0.05, 0.1) is 6.04 Å². The molecule has 0 amide bonds. The molecule has 157 valence electrons. The summed E-state index contributed by atoms with van der Waals surface area (Å²) in [6, 6.07) is 23.9. The molecule has 0 aliphatic heterocycles. The Balaban J connectivity index is 1.93. The highest BCUT2D eigenvalue weighted by atomic mass is 28.3. The first-order chi connectivity index (χ1) is 14.3. The monoisotopic (exact) mass is 424 g/mol. The van der Waals surface area contributed by atoms with Crippen LogP contribution in [0.15, 0.2) is 78.9 Å². The summed E-state index contributed by atoms with van der Waals surface area (Å²) in [6.45, 7) is 8.49. The lowest BCUT2D eigenvalue weighted by Crippen LogP contribution is -2.49. The number of benzene rings is 3. The Morgan fingerprint density at radius 2 is 1.33 bits per heavy atom. The highest BCUT2D eigenvalue weighted by molar-refractivity contribution is 6.79. The Morgan fingerprint density at radius 3 is 1.80 bits per heavy atom. The molecule has 0 fully saturated rings. The molecule has 1 radical (unpaired) electrons. The third-order valence-electron chi connectivity index (χ3n) is 5.53. The lowest BCUT2D eigenvalue weighted by atomic mass is 9.76. The molecule has 0 unspecified atom stereocenters. The molecule has 0 heterocycles. The van der Waals surface area contributed by atoms with E-state index < -0.39 is 20.7 Å². The van der Waals surface area contributed by atoms with Gasteiger partial charge in [-0.1, -0.05) is 94.4 Å². The molecule has 0 aliphatic rings. The average molecular weight is 425 g/mol.